The number of hydrogen-bond donors (Lipinski definition) is 2. The minimum atomic E-state index is -0.0888. The molecule has 0 unspecified atom stereocenters. The van der Waals surface area contributed by atoms with Crippen LogP contribution in [0.5, 0.6) is 5.75 Å². The van der Waals surface area contributed by atoms with Crippen LogP contribution in [0.3, 0.4) is 0 Å². The van der Waals surface area contributed by atoms with Gasteiger partial charge in [0.25, 0.3) is 5.56 Å². The van der Waals surface area contributed by atoms with Gasteiger partial charge >= 0.3 is 0 Å². The largest absolute Gasteiger partial charge is 0.497 e. The van der Waals surface area contributed by atoms with Crippen molar-refractivity contribution < 1.29 is 4.74 Å². The Hall–Kier alpha value is -3.39. The second-order valence-electron chi connectivity index (χ2n) is 6.04. The summed E-state index contributed by atoms with van der Waals surface area (Å²) in [6, 6.07) is 16.8. The summed E-state index contributed by atoms with van der Waals surface area (Å²) in [5.41, 5.74) is 5.57. The van der Waals surface area contributed by atoms with Gasteiger partial charge in [0, 0.05) is 18.3 Å². The molecule has 0 spiro atoms. The molecule has 0 aliphatic carbocycles. The van der Waals surface area contributed by atoms with Crippen molar-refractivity contribution in [1.29, 1.82) is 0 Å². The first kappa shape index (κ1) is 19.4. The molecule has 0 fully saturated rings. The lowest BCUT2D eigenvalue weighted by Gasteiger charge is -2.09. The summed E-state index contributed by atoms with van der Waals surface area (Å²) in [7, 11) is 3.43. The Morgan fingerprint density at radius 3 is 2.46 bits per heavy atom. The maximum absolute atomic E-state index is 12.6. The summed E-state index contributed by atoms with van der Waals surface area (Å²) >= 11 is 5.24. The number of nitrogens with one attached hydrogen (secondary N) is 2. The molecule has 0 radical (unpaired) electrons. The SMILES string of the molecule is COc1ccc(NC(=S)N/N=C\c2c(C)c(=O)n(-c3ccccc3)n2C)cc1. The molecule has 8 heteroatoms. The van der Waals surface area contributed by atoms with Crippen LogP contribution in [-0.4, -0.2) is 27.8 Å². The van der Waals surface area contributed by atoms with E-state index in [1.807, 2.05) is 61.6 Å². The smallest absolute Gasteiger partial charge is 0.274 e. The molecule has 1 aromatic heterocycles. The molecule has 0 saturated heterocycles. The van der Waals surface area contributed by atoms with Crippen LogP contribution in [0.25, 0.3) is 5.69 Å². The van der Waals surface area contributed by atoms with Gasteiger partial charge in [-0.2, -0.15) is 5.10 Å². The molecule has 2 N–H and O–H groups in total. The Bertz CT molecular complexity index is 1050. The zero-order chi connectivity index (χ0) is 20.1. The number of rotatable bonds is 5. The topological polar surface area (TPSA) is 72.6 Å². The minimum absolute atomic E-state index is 0.0888. The average Bonchev–Trinajstić information content (AvgIpc) is 2.92. The Morgan fingerprint density at radius 2 is 1.82 bits per heavy atom. The van der Waals surface area contributed by atoms with Gasteiger partial charge in [-0.05, 0) is 55.5 Å². The lowest BCUT2D eigenvalue weighted by atomic mass is 10.3. The van der Waals surface area contributed by atoms with E-state index in [1.165, 1.54) is 0 Å². The standard InChI is InChI=1S/C20H21N5O2S/c1-14-18(24(2)25(19(14)26)16-7-5-4-6-8-16)13-21-23-20(28)22-15-9-11-17(27-3)12-10-15/h4-13H,1-3H3,(H2,22,23,28)/b21-13-. The second kappa shape index (κ2) is 8.53. The first-order chi connectivity index (χ1) is 13.5. The van der Waals surface area contributed by atoms with E-state index in [0.717, 1.165) is 17.1 Å². The van der Waals surface area contributed by atoms with Gasteiger partial charge in [-0.15, -0.1) is 0 Å². The van der Waals surface area contributed by atoms with E-state index in [9.17, 15) is 4.79 Å². The number of anilines is 1. The van der Waals surface area contributed by atoms with Crippen LogP contribution in [0.1, 0.15) is 11.3 Å². The molecule has 3 rings (SSSR count). The number of ether oxygens (including phenoxy) is 1. The van der Waals surface area contributed by atoms with Gasteiger partial charge in [0.2, 0.25) is 0 Å². The molecule has 0 amide bonds. The van der Waals surface area contributed by atoms with Gasteiger partial charge < -0.3 is 10.1 Å². The highest BCUT2D eigenvalue weighted by atomic mass is 32.1. The van der Waals surface area contributed by atoms with Crippen LogP contribution in [0.15, 0.2) is 64.5 Å². The molecule has 7 nitrogen and oxygen atoms in total. The first-order valence-electron chi connectivity index (χ1n) is 8.59. The predicted molar refractivity (Wildman–Crippen MR) is 116 cm³/mol. The van der Waals surface area contributed by atoms with Crippen molar-refractivity contribution in [3.05, 3.63) is 76.2 Å². The van der Waals surface area contributed by atoms with Gasteiger partial charge in [-0.1, -0.05) is 18.2 Å². The number of benzene rings is 2. The van der Waals surface area contributed by atoms with Crippen LogP contribution >= 0.6 is 12.2 Å². The Labute approximate surface area is 168 Å². The summed E-state index contributed by atoms with van der Waals surface area (Å²) in [6.45, 7) is 1.77. The summed E-state index contributed by atoms with van der Waals surface area (Å²) in [5.74, 6) is 0.766. The Kier molecular flexibility index (Phi) is 5.90. The van der Waals surface area contributed by atoms with Crippen molar-refractivity contribution in [2.24, 2.45) is 12.1 Å². The van der Waals surface area contributed by atoms with Gasteiger partial charge in [-0.25, -0.2) is 4.68 Å². The monoisotopic (exact) mass is 395 g/mol. The van der Waals surface area contributed by atoms with Gasteiger partial charge in [0.05, 0.1) is 24.7 Å². The third-order valence-corrected chi connectivity index (χ3v) is 4.44. The van der Waals surface area contributed by atoms with E-state index < -0.39 is 0 Å². The minimum Gasteiger partial charge on any atom is -0.497 e. The Balaban J connectivity index is 1.72. The molecule has 0 atom stereocenters. The van der Waals surface area contributed by atoms with Crippen LogP contribution in [0.2, 0.25) is 0 Å². The van der Waals surface area contributed by atoms with Crippen LogP contribution < -0.4 is 21.0 Å². The zero-order valence-electron chi connectivity index (χ0n) is 15.8. The molecular formula is C20H21N5O2S. The van der Waals surface area contributed by atoms with Gasteiger partial charge in [0.15, 0.2) is 5.11 Å². The van der Waals surface area contributed by atoms with E-state index in [-0.39, 0.29) is 5.56 Å². The lowest BCUT2D eigenvalue weighted by molar-refractivity contribution is 0.415. The quantitative estimate of drug-likeness (QED) is 0.395. The number of para-hydroxylation sites is 1. The van der Waals surface area contributed by atoms with E-state index in [0.29, 0.717) is 16.4 Å². The maximum Gasteiger partial charge on any atom is 0.274 e. The van der Waals surface area contributed by atoms with E-state index in [2.05, 4.69) is 15.8 Å². The van der Waals surface area contributed by atoms with Crippen molar-refractivity contribution in [1.82, 2.24) is 14.8 Å². The molecular weight excluding hydrogens is 374 g/mol. The predicted octanol–water partition coefficient (Wildman–Crippen LogP) is 2.81. The number of thiocarbonyl (C=S) groups is 1. The fraction of sp³-hybridized carbons (Fsp3) is 0.150. The lowest BCUT2D eigenvalue weighted by Crippen LogP contribution is -2.24. The van der Waals surface area contributed by atoms with Gasteiger partial charge in [-0.3, -0.25) is 14.9 Å². The fourth-order valence-electron chi connectivity index (χ4n) is 2.78. The molecule has 0 aliphatic rings. The highest BCUT2D eigenvalue weighted by Crippen LogP contribution is 2.14. The molecule has 2 aromatic carbocycles. The third-order valence-electron chi connectivity index (χ3n) is 4.25. The zero-order valence-corrected chi connectivity index (χ0v) is 16.7. The fourth-order valence-corrected chi connectivity index (χ4v) is 2.95. The summed E-state index contributed by atoms with van der Waals surface area (Å²) in [4.78, 5) is 12.6. The van der Waals surface area contributed by atoms with Crippen molar-refractivity contribution in [3.63, 3.8) is 0 Å². The number of aromatic nitrogens is 2. The van der Waals surface area contributed by atoms with Crippen LogP contribution in [-0.2, 0) is 7.05 Å². The molecule has 1 heterocycles. The van der Waals surface area contributed by atoms with Crippen molar-refractivity contribution in [2.45, 2.75) is 6.92 Å². The Morgan fingerprint density at radius 1 is 1.14 bits per heavy atom. The summed E-state index contributed by atoms with van der Waals surface area (Å²) in [6.07, 6.45) is 1.58. The third kappa shape index (κ3) is 4.12. The number of hydrazone groups is 1. The summed E-state index contributed by atoms with van der Waals surface area (Å²) in [5, 5.41) is 7.53. The van der Waals surface area contributed by atoms with Crippen molar-refractivity contribution in [3.8, 4) is 11.4 Å². The highest BCUT2D eigenvalue weighted by Gasteiger charge is 2.14. The molecule has 0 bridgehead atoms. The van der Waals surface area contributed by atoms with Gasteiger partial charge in [0.1, 0.15) is 5.75 Å². The van der Waals surface area contributed by atoms with E-state index >= 15 is 0 Å². The molecule has 0 saturated carbocycles. The van der Waals surface area contributed by atoms with E-state index in [1.54, 1.807) is 29.6 Å². The van der Waals surface area contributed by atoms with Crippen LogP contribution in [0, 0.1) is 6.92 Å². The molecule has 3 aromatic rings. The second-order valence-corrected chi connectivity index (χ2v) is 6.45. The maximum atomic E-state index is 12.6. The molecule has 0 aliphatic heterocycles. The van der Waals surface area contributed by atoms with Crippen molar-refractivity contribution >= 4 is 29.2 Å². The van der Waals surface area contributed by atoms with Crippen molar-refractivity contribution in [2.75, 3.05) is 12.4 Å². The normalized spacial score (nSPS) is 10.8. The molecule has 144 valence electrons. The number of nitrogens with zero attached hydrogens (tertiary/aromatic N) is 3. The number of hydrogen-bond acceptors (Lipinski definition) is 4. The highest BCUT2D eigenvalue weighted by molar-refractivity contribution is 7.80. The number of methoxy groups -OCH3 is 1. The summed E-state index contributed by atoms with van der Waals surface area (Å²) < 4.78 is 8.49. The molecule has 28 heavy (non-hydrogen) atoms. The van der Waals surface area contributed by atoms with Crippen LogP contribution in [0.4, 0.5) is 5.69 Å². The van der Waals surface area contributed by atoms with E-state index in [4.69, 9.17) is 17.0 Å². The first-order valence-corrected chi connectivity index (χ1v) is 9.00. The average molecular weight is 395 g/mol.